The summed E-state index contributed by atoms with van der Waals surface area (Å²) in [5.74, 6) is -2.71. The van der Waals surface area contributed by atoms with Gasteiger partial charge in [0.25, 0.3) is 0 Å². The van der Waals surface area contributed by atoms with Crippen LogP contribution in [-0.4, -0.2) is 44.3 Å². The molecule has 0 aromatic heterocycles. The smallest absolute Gasteiger partial charge is 0.303 e. The lowest BCUT2D eigenvalue weighted by Gasteiger charge is -2.01. The van der Waals surface area contributed by atoms with Gasteiger partial charge in [0.15, 0.2) is 0 Å². The summed E-state index contributed by atoms with van der Waals surface area (Å²) in [5, 5.41) is 34.0. The summed E-state index contributed by atoms with van der Waals surface area (Å²) in [6, 6.07) is 0. The molecule has 0 radical (unpaired) electrons. The summed E-state index contributed by atoms with van der Waals surface area (Å²) in [5.41, 5.74) is 0. The maximum Gasteiger partial charge on any atom is 0.303 e. The van der Waals surface area contributed by atoms with Crippen LogP contribution in [-0.2, 0) is 19.2 Å². The van der Waals surface area contributed by atoms with Gasteiger partial charge in [0.1, 0.15) is 0 Å². The molecular formula is C70H122O8. The van der Waals surface area contributed by atoms with E-state index in [0.29, 0.717) is 19.3 Å². The molecule has 0 saturated heterocycles. The SMILES string of the molecule is CC/C=C\C/C=C\C/C=C\CCCCCCCC(=O)O.CCCCC/C=C\C/C=C\C/C=C\C/C=C\CCCC(=O)O.CCCCC/C=C\C/C=C\CCCCCCCC(=O)O.CCCCCCCCCCCCCC(=O)O. The Morgan fingerprint density at radius 2 is 0.397 bits per heavy atom. The molecule has 0 spiro atoms. The summed E-state index contributed by atoms with van der Waals surface area (Å²) in [6.45, 7) is 8.86. The van der Waals surface area contributed by atoms with E-state index in [2.05, 4.69) is 137 Å². The number of carboxylic acids is 4. The van der Waals surface area contributed by atoms with Crippen molar-refractivity contribution in [2.24, 2.45) is 0 Å². The first-order chi connectivity index (χ1) is 38.1. The predicted octanol–water partition coefficient (Wildman–Crippen LogP) is 22.5. The fourth-order valence-corrected chi connectivity index (χ4v) is 7.86. The minimum absolute atomic E-state index is 0.262. The highest BCUT2D eigenvalue weighted by molar-refractivity contribution is 5.67. The second-order valence-corrected chi connectivity index (χ2v) is 20.4. The molecule has 4 N–H and O–H groups in total. The van der Waals surface area contributed by atoms with Crippen molar-refractivity contribution >= 4 is 23.9 Å². The van der Waals surface area contributed by atoms with Crippen LogP contribution in [0, 0.1) is 0 Å². The Morgan fingerprint density at radius 3 is 0.654 bits per heavy atom. The average molecular weight is 1090 g/mol. The van der Waals surface area contributed by atoms with Crippen LogP contribution in [0.1, 0.15) is 310 Å². The minimum atomic E-state index is -0.712. The molecule has 0 atom stereocenters. The fraction of sp³-hybridized carbons (Fsp3) is 0.686. The molecule has 78 heavy (non-hydrogen) atoms. The second kappa shape index (κ2) is 76.8. The fourth-order valence-electron chi connectivity index (χ4n) is 7.86. The van der Waals surface area contributed by atoms with Crippen LogP contribution in [0.2, 0.25) is 0 Å². The van der Waals surface area contributed by atoms with Gasteiger partial charge in [0, 0.05) is 25.7 Å². The lowest BCUT2D eigenvalue weighted by Crippen LogP contribution is -1.93. The topological polar surface area (TPSA) is 149 Å². The molecular weight excluding hydrogens is 969 g/mol. The standard InChI is InChI=1S/C20H32O2.C18H32O2.C18H30O2.C14H28O2/c1-2-3-4-5-6-7-8-9-10-11-12-13-14-15-16-17-18-19-20(21)22;2*1-2-3-4-5-6-7-8-9-10-11-12-13-14-15-16-17-18(19)20;1-2-3-4-5-6-7-8-9-10-11-12-13-14(15)16/h6-7,9-10,12-13,15-16H,2-5,8,11,14,17-19H2,1H3,(H,21,22);6-7,9-10H,2-5,8,11-17H2,1H3,(H,19,20);3-4,6-7,9-10H,2,5,8,11-17H2,1H3,(H,19,20);2-13H2,1H3,(H,15,16)/b7-6-,10-9-,13-12-,16-15-;7-6-,10-9-;4-3-,7-6-,10-9-;. The van der Waals surface area contributed by atoms with Crippen LogP contribution in [0.4, 0.5) is 0 Å². The third kappa shape index (κ3) is 94.0. The molecule has 0 rings (SSSR count). The first-order valence-corrected chi connectivity index (χ1v) is 31.8. The zero-order valence-electron chi connectivity index (χ0n) is 50.9. The highest BCUT2D eigenvalue weighted by Gasteiger charge is 1.99. The van der Waals surface area contributed by atoms with Crippen LogP contribution in [0.15, 0.2) is 109 Å². The predicted molar refractivity (Wildman–Crippen MR) is 339 cm³/mol. The van der Waals surface area contributed by atoms with Crippen LogP contribution < -0.4 is 0 Å². The molecule has 0 fully saturated rings. The quantitative estimate of drug-likeness (QED) is 0.0347. The number of allylic oxidation sites excluding steroid dienone is 18. The van der Waals surface area contributed by atoms with Crippen molar-refractivity contribution in [2.75, 3.05) is 0 Å². The normalized spacial score (nSPS) is 11.7. The zero-order chi connectivity index (χ0) is 58.2. The first kappa shape index (κ1) is 80.0. The Bertz CT molecular complexity index is 1530. The van der Waals surface area contributed by atoms with Gasteiger partial charge < -0.3 is 20.4 Å². The molecule has 8 heteroatoms. The number of hydrogen-bond acceptors (Lipinski definition) is 4. The summed E-state index contributed by atoms with van der Waals surface area (Å²) < 4.78 is 0. The summed E-state index contributed by atoms with van der Waals surface area (Å²) >= 11 is 0. The van der Waals surface area contributed by atoms with Gasteiger partial charge in [-0.3, -0.25) is 19.2 Å². The average Bonchev–Trinajstić information content (AvgIpc) is 3.41. The molecule has 0 saturated carbocycles. The summed E-state index contributed by atoms with van der Waals surface area (Å²) in [6.07, 6.45) is 87.4. The third-order valence-electron chi connectivity index (χ3n) is 12.6. The Labute approximate surface area is 481 Å². The van der Waals surface area contributed by atoms with E-state index in [4.69, 9.17) is 20.4 Å². The number of carbonyl (C=O) groups is 4. The molecule has 0 bridgehead atoms. The number of hydrogen-bond donors (Lipinski definition) is 4. The monoisotopic (exact) mass is 1090 g/mol. The summed E-state index contributed by atoms with van der Waals surface area (Å²) in [7, 11) is 0. The van der Waals surface area contributed by atoms with Crippen molar-refractivity contribution in [1.82, 2.24) is 0 Å². The van der Waals surface area contributed by atoms with Crippen molar-refractivity contribution in [3.63, 3.8) is 0 Å². The molecule has 0 aliphatic carbocycles. The molecule has 0 amide bonds. The lowest BCUT2D eigenvalue weighted by molar-refractivity contribution is -0.138. The van der Waals surface area contributed by atoms with Gasteiger partial charge in [-0.15, -0.1) is 0 Å². The van der Waals surface area contributed by atoms with Crippen molar-refractivity contribution in [3.05, 3.63) is 109 Å². The second-order valence-electron chi connectivity index (χ2n) is 20.4. The maximum absolute atomic E-state index is 10.3. The molecule has 450 valence electrons. The lowest BCUT2D eigenvalue weighted by atomic mass is 10.1. The van der Waals surface area contributed by atoms with Crippen LogP contribution in [0.25, 0.3) is 0 Å². The molecule has 8 nitrogen and oxygen atoms in total. The van der Waals surface area contributed by atoms with Gasteiger partial charge >= 0.3 is 23.9 Å². The molecule has 0 heterocycles. The van der Waals surface area contributed by atoms with Gasteiger partial charge in [0.05, 0.1) is 0 Å². The van der Waals surface area contributed by atoms with Crippen molar-refractivity contribution in [3.8, 4) is 0 Å². The number of carboxylic acid groups (broad SMARTS) is 4. The van der Waals surface area contributed by atoms with Gasteiger partial charge in [-0.25, -0.2) is 0 Å². The van der Waals surface area contributed by atoms with E-state index in [1.165, 1.54) is 141 Å². The number of aliphatic carboxylic acids is 4. The Balaban J connectivity index is -0.000000471. The van der Waals surface area contributed by atoms with Crippen molar-refractivity contribution in [1.29, 1.82) is 0 Å². The van der Waals surface area contributed by atoms with Gasteiger partial charge in [-0.2, -0.15) is 0 Å². The molecule has 0 aliphatic rings. The van der Waals surface area contributed by atoms with E-state index in [-0.39, 0.29) is 6.42 Å². The first-order valence-electron chi connectivity index (χ1n) is 31.8. The Morgan fingerprint density at radius 1 is 0.218 bits per heavy atom. The van der Waals surface area contributed by atoms with Crippen LogP contribution >= 0.6 is 0 Å². The van der Waals surface area contributed by atoms with Crippen molar-refractivity contribution in [2.45, 2.75) is 310 Å². The number of unbranched alkanes of at least 4 members (excludes halogenated alkanes) is 27. The van der Waals surface area contributed by atoms with E-state index in [1.807, 2.05) is 0 Å². The highest BCUT2D eigenvalue weighted by Crippen LogP contribution is 2.13. The largest absolute Gasteiger partial charge is 0.481 e. The Kier molecular flexibility index (Phi) is 78.8. The van der Waals surface area contributed by atoms with Gasteiger partial charge in [-0.1, -0.05) is 265 Å². The molecule has 0 aromatic rings. The molecule has 0 aliphatic heterocycles. The van der Waals surface area contributed by atoms with E-state index >= 15 is 0 Å². The van der Waals surface area contributed by atoms with E-state index in [9.17, 15) is 19.2 Å². The van der Waals surface area contributed by atoms with Gasteiger partial charge in [0.2, 0.25) is 0 Å². The zero-order valence-corrected chi connectivity index (χ0v) is 50.9. The third-order valence-corrected chi connectivity index (χ3v) is 12.6. The highest BCUT2D eigenvalue weighted by atomic mass is 16.4. The summed E-state index contributed by atoms with van der Waals surface area (Å²) in [4.78, 5) is 41.2. The van der Waals surface area contributed by atoms with E-state index in [0.717, 1.165) is 116 Å². The maximum atomic E-state index is 10.3. The molecule has 0 unspecified atom stereocenters. The van der Waals surface area contributed by atoms with Crippen LogP contribution in [0.3, 0.4) is 0 Å². The van der Waals surface area contributed by atoms with E-state index < -0.39 is 23.9 Å². The van der Waals surface area contributed by atoms with Crippen molar-refractivity contribution < 1.29 is 39.6 Å². The van der Waals surface area contributed by atoms with E-state index in [1.54, 1.807) is 0 Å². The number of rotatable bonds is 53. The van der Waals surface area contributed by atoms with Crippen LogP contribution in [0.5, 0.6) is 0 Å². The molecule has 0 aromatic carbocycles. The Hall–Kier alpha value is -4.46. The minimum Gasteiger partial charge on any atom is -0.481 e. The van der Waals surface area contributed by atoms with Gasteiger partial charge in [-0.05, 0) is 128 Å².